The predicted molar refractivity (Wildman–Crippen MR) is 133 cm³/mol. The molecule has 36 heavy (non-hydrogen) atoms. The summed E-state index contributed by atoms with van der Waals surface area (Å²) in [6, 6.07) is 9.11. The standard InChI is InChI=1S/C24H21ClF3N3O3S2/c1-13-9-20(15-5-4-6-16(11-15)36(3,33)34)35-23(13)22-21(25)18(10-14(2)32)30-31(22)19-12-29-8-7-17(19)24(26,27)28/h4-9,11-12,14,32H,10H2,1-3H3. The van der Waals surface area contributed by atoms with Crippen LogP contribution in [0.2, 0.25) is 5.02 Å². The van der Waals surface area contributed by atoms with Crippen LogP contribution in [0.4, 0.5) is 13.2 Å². The third-order valence-electron chi connectivity index (χ3n) is 5.40. The Kier molecular flexibility index (Phi) is 7.04. The molecule has 1 atom stereocenters. The van der Waals surface area contributed by atoms with E-state index in [0.717, 1.165) is 29.4 Å². The number of nitrogens with zero attached hydrogens (tertiary/aromatic N) is 3. The Bertz CT molecular complexity index is 1540. The van der Waals surface area contributed by atoms with E-state index < -0.39 is 27.7 Å². The molecular formula is C24H21ClF3N3O3S2. The molecule has 12 heteroatoms. The molecule has 0 bridgehead atoms. The monoisotopic (exact) mass is 555 g/mol. The Morgan fingerprint density at radius 1 is 1.22 bits per heavy atom. The molecule has 6 nitrogen and oxygen atoms in total. The van der Waals surface area contributed by atoms with Crippen molar-refractivity contribution in [1.29, 1.82) is 0 Å². The van der Waals surface area contributed by atoms with E-state index in [0.29, 0.717) is 20.9 Å². The molecule has 1 aromatic carbocycles. The van der Waals surface area contributed by atoms with Crippen molar-refractivity contribution in [2.45, 2.75) is 37.4 Å². The molecule has 0 spiro atoms. The second kappa shape index (κ2) is 9.62. The highest BCUT2D eigenvalue weighted by atomic mass is 35.5. The summed E-state index contributed by atoms with van der Waals surface area (Å²) >= 11 is 7.92. The summed E-state index contributed by atoms with van der Waals surface area (Å²) < 4.78 is 66.7. The van der Waals surface area contributed by atoms with Gasteiger partial charge in [0.25, 0.3) is 0 Å². The Balaban J connectivity index is 1.95. The minimum absolute atomic E-state index is 0.0358. The molecule has 0 amide bonds. The summed E-state index contributed by atoms with van der Waals surface area (Å²) in [7, 11) is -3.43. The molecule has 4 aromatic rings. The smallest absolute Gasteiger partial charge is 0.393 e. The van der Waals surface area contributed by atoms with Crippen LogP contribution in [-0.2, 0) is 22.4 Å². The molecule has 0 radical (unpaired) electrons. The summed E-state index contributed by atoms with van der Waals surface area (Å²) in [6.45, 7) is 3.31. The number of sulfone groups is 1. The van der Waals surface area contributed by atoms with E-state index in [1.54, 1.807) is 25.1 Å². The number of benzene rings is 1. The van der Waals surface area contributed by atoms with Gasteiger partial charge in [-0.1, -0.05) is 23.7 Å². The van der Waals surface area contributed by atoms with Gasteiger partial charge in [0, 0.05) is 23.8 Å². The molecule has 0 fully saturated rings. The second-order valence-electron chi connectivity index (χ2n) is 8.39. The van der Waals surface area contributed by atoms with Gasteiger partial charge in [0.15, 0.2) is 9.84 Å². The highest BCUT2D eigenvalue weighted by Crippen LogP contribution is 2.44. The van der Waals surface area contributed by atoms with Crippen LogP contribution >= 0.6 is 22.9 Å². The van der Waals surface area contributed by atoms with E-state index in [1.807, 2.05) is 6.07 Å². The minimum Gasteiger partial charge on any atom is -0.393 e. The van der Waals surface area contributed by atoms with Gasteiger partial charge < -0.3 is 5.11 Å². The number of aliphatic hydroxyl groups is 1. The molecule has 190 valence electrons. The van der Waals surface area contributed by atoms with Gasteiger partial charge in [0.05, 0.1) is 44.0 Å². The summed E-state index contributed by atoms with van der Waals surface area (Å²) in [4.78, 5) is 5.29. The zero-order valence-corrected chi connectivity index (χ0v) is 21.7. The molecule has 0 aliphatic carbocycles. The number of rotatable bonds is 6. The average Bonchev–Trinajstić information content (AvgIpc) is 3.32. The molecule has 3 heterocycles. The molecule has 0 saturated heterocycles. The van der Waals surface area contributed by atoms with E-state index in [2.05, 4.69) is 10.1 Å². The lowest BCUT2D eigenvalue weighted by molar-refractivity contribution is -0.137. The predicted octanol–water partition coefficient (Wildman–Crippen LogP) is 5.97. The fourth-order valence-corrected chi connectivity index (χ4v) is 5.98. The number of thiophene rings is 1. The highest BCUT2D eigenvalue weighted by Gasteiger charge is 2.36. The van der Waals surface area contributed by atoms with Crippen molar-refractivity contribution in [3.63, 3.8) is 0 Å². The van der Waals surface area contributed by atoms with Crippen LogP contribution < -0.4 is 0 Å². The normalized spacial score (nSPS) is 13.2. The lowest BCUT2D eigenvalue weighted by atomic mass is 10.1. The van der Waals surface area contributed by atoms with Crippen molar-refractivity contribution in [2.24, 2.45) is 0 Å². The molecule has 1 unspecified atom stereocenters. The number of pyridine rings is 1. The lowest BCUT2D eigenvalue weighted by Crippen LogP contribution is -2.13. The fourth-order valence-electron chi connectivity index (χ4n) is 3.76. The third kappa shape index (κ3) is 5.19. The van der Waals surface area contributed by atoms with Crippen LogP contribution in [0.25, 0.3) is 26.7 Å². The molecule has 0 aliphatic rings. The molecule has 0 saturated carbocycles. The topological polar surface area (TPSA) is 85.1 Å². The SMILES string of the molecule is Cc1cc(-c2cccc(S(C)(=O)=O)c2)sc1-c1c(Cl)c(CC(C)O)nn1-c1cnccc1C(F)(F)F. The first kappa shape index (κ1) is 26.3. The fraction of sp³-hybridized carbons (Fsp3) is 0.250. The summed E-state index contributed by atoms with van der Waals surface area (Å²) in [6.07, 6.45) is -2.22. The maximum Gasteiger partial charge on any atom is 0.418 e. The second-order valence-corrected chi connectivity index (χ2v) is 11.8. The number of hydrogen-bond donors (Lipinski definition) is 1. The quantitative estimate of drug-likeness (QED) is 0.317. The maximum absolute atomic E-state index is 13.8. The highest BCUT2D eigenvalue weighted by molar-refractivity contribution is 7.90. The zero-order valence-electron chi connectivity index (χ0n) is 19.3. The van der Waals surface area contributed by atoms with Crippen molar-refractivity contribution in [3.05, 3.63) is 70.6 Å². The van der Waals surface area contributed by atoms with Gasteiger partial charge >= 0.3 is 6.18 Å². The van der Waals surface area contributed by atoms with Crippen LogP contribution in [0.1, 0.15) is 23.7 Å². The summed E-state index contributed by atoms with van der Waals surface area (Å²) in [5.74, 6) is 0. The third-order valence-corrected chi connectivity index (χ3v) is 8.20. The first-order valence-electron chi connectivity index (χ1n) is 10.7. The maximum atomic E-state index is 13.8. The number of hydrogen-bond acceptors (Lipinski definition) is 6. The zero-order chi connectivity index (χ0) is 26.4. The van der Waals surface area contributed by atoms with Gasteiger partial charge in [0.2, 0.25) is 0 Å². The lowest BCUT2D eigenvalue weighted by Gasteiger charge is -2.14. The Hall–Kier alpha value is -2.73. The van der Waals surface area contributed by atoms with Crippen molar-refractivity contribution < 1.29 is 26.7 Å². The van der Waals surface area contributed by atoms with Gasteiger partial charge in [-0.05, 0) is 49.2 Å². The van der Waals surface area contributed by atoms with Gasteiger partial charge in [-0.2, -0.15) is 18.3 Å². The number of aromatic nitrogens is 3. The molecule has 4 rings (SSSR count). The number of aliphatic hydroxyl groups excluding tert-OH is 1. The van der Waals surface area contributed by atoms with E-state index in [1.165, 1.54) is 24.3 Å². The van der Waals surface area contributed by atoms with Gasteiger partial charge in [0.1, 0.15) is 5.69 Å². The summed E-state index contributed by atoms with van der Waals surface area (Å²) in [5.41, 5.74) is 0.597. The number of halogens is 4. The van der Waals surface area contributed by atoms with Crippen LogP contribution in [-0.4, -0.2) is 40.6 Å². The van der Waals surface area contributed by atoms with Crippen LogP contribution in [0.3, 0.4) is 0 Å². The Labute approximate surface area is 214 Å². The number of aryl methyl sites for hydroxylation is 1. The number of alkyl halides is 3. The first-order chi connectivity index (χ1) is 16.8. The van der Waals surface area contributed by atoms with Crippen molar-refractivity contribution in [2.75, 3.05) is 6.26 Å². The Morgan fingerprint density at radius 2 is 1.94 bits per heavy atom. The molecular weight excluding hydrogens is 535 g/mol. The van der Waals surface area contributed by atoms with Crippen molar-refractivity contribution in [3.8, 4) is 26.7 Å². The minimum atomic E-state index is -4.67. The summed E-state index contributed by atoms with van der Waals surface area (Å²) in [5, 5.41) is 14.4. The molecule has 3 aromatic heterocycles. The molecule has 1 N–H and O–H groups in total. The van der Waals surface area contributed by atoms with Crippen molar-refractivity contribution >= 4 is 32.8 Å². The van der Waals surface area contributed by atoms with Crippen molar-refractivity contribution in [1.82, 2.24) is 14.8 Å². The van der Waals surface area contributed by atoms with E-state index >= 15 is 0 Å². The average molecular weight is 556 g/mol. The van der Waals surface area contributed by atoms with Gasteiger partial charge in [-0.3, -0.25) is 4.98 Å². The van der Waals surface area contributed by atoms with Crippen LogP contribution in [0.15, 0.2) is 53.7 Å². The Morgan fingerprint density at radius 3 is 2.58 bits per heavy atom. The van der Waals surface area contributed by atoms with Gasteiger partial charge in [-0.25, -0.2) is 13.1 Å². The van der Waals surface area contributed by atoms with Crippen LogP contribution in [0, 0.1) is 6.92 Å². The van der Waals surface area contributed by atoms with E-state index in [-0.39, 0.29) is 33.4 Å². The van der Waals surface area contributed by atoms with E-state index in [4.69, 9.17) is 11.6 Å². The van der Waals surface area contributed by atoms with Crippen LogP contribution in [0.5, 0.6) is 0 Å². The van der Waals surface area contributed by atoms with Gasteiger partial charge in [-0.15, -0.1) is 11.3 Å². The molecule has 0 aliphatic heterocycles. The largest absolute Gasteiger partial charge is 0.418 e. The first-order valence-corrected chi connectivity index (χ1v) is 13.7. The van der Waals surface area contributed by atoms with E-state index in [9.17, 15) is 26.7 Å².